The van der Waals surface area contributed by atoms with Crippen molar-refractivity contribution in [1.29, 1.82) is 0 Å². The zero-order valence-electron chi connectivity index (χ0n) is 10.8. The van der Waals surface area contributed by atoms with Crippen molar-refractivity contribution in [3.05, 3.63) is 29.8 Å². The molecule has 0 bridgehead atoms. The van der Waals surface area contributed by atoms with Crippen LogP contribution in [0.3, 0.4) is 0 Å². The Bertz CT molecular complexity index is 555. The van der Waals surface area contributed by atoms with Gasteiger partial charge in [-0.3, -0.25) is 14.2 Å². The van der Waals surface area contributed by atoms with Gasteiger partial charge < -0.3 is 5.32 Å². The van der Waals surface area contributed by atoms with Gasteiger partial charge >= 0.3 is 0 Å². The van der Waals surface area contributed by atoms with Crippen molar-refractivity contribution in [2.75, 3.05) is 5.32 Å². The smallest absolute Gasteiger partial charge is 0.276 e. The maximum Gasteiger partial charge on any atom is 0.276 e. The minimum atomic E-state index is -0.207. The summed E-state index contributed by atoms with van der Waals surface area (Å²) >= 11 is 0. The molecule has 2 aromatic heterocycles. The second kappa shape index (κ2) is 5.03. The van der Waals surface area contributed by atoms with Gasteiger partial charge in [-0.15, -0.1) is 0 Å². The van der Waals surface area contributed by atoms with Crippen LogP contribution in [0.15, 0.2) is 18.5 Å². The summed E-state index contributed by atoms with van der Waals surface area (Å²) < 4.78 is 3.55. The van der Waals surface area contributed by atoms with E-state index in [1.165, 1.54) is 0 Å². The van der Waals surface area contributed by atoms with Crippen molar-refractivity contribution in [3.8, 4) is 0 Å². The van der Waals surface area contributed by atoms with E-state index in [1.807, 2.05) is 25.5 Å². The molecule has 0 aromatic carbocycles. The average molecular weight is 247 g/mol. The van der Waals surface area contributed by atoms with Gasteiger partial charge in [-0.1, -0.05) is 0 Å². The lowest BCUT2D eigenvalue weighted by Crippen LogP contribution is -2.14. The van der Waals surface area contributed by atoms with Gasteiger partial charge in [0.2, 0.25) is 0 Å². The number of hydrogen-bond acceptors (Lipinski definition) is 3. The first kappa shape index (κ1) is 12.3. The number of aromatic nitrogens is 4. The van der Waals surface area contributed by atoms with Gasteiger partial charge in [0.25, 0.3) is 5.91 Å². The minimum absolute atomic E-state index is 0.207. The van der Waals surface area contributed by atoms with E-state index in [9.17, 15) is 4.79 Å². The summed E-state index contributed by atoms with van der Waals surface area (Å²) in [6.07, 6.45) is 3.45. The first-order chi connectivity index (χ1) is 8.65. The van der Waals surface area contributed by atoms with E-state index in [-0.39, 0.29) is 5.91 Å². The number of amides is 1. The number of carbonyl (C=O) groups is 1. The van der Waals surface area contributed by atoms with Crippen molar-refractivity contribution >= 4 is 11.6 Å². The normalized spacial score (nSPS) is 10.6. The van der Waals surface area contributed by atoms with Crippen LogP contribution >= 0.6 is 0 Å². The Morgan fingerprint density at radius 1 is 1.39 bits per heavy atom. The van der Waals surface area contributed by atoms with E-state index in [4.69, 9.17) is 0 Å². The Kier molecular flexibility index (Phi) is 3.45. The second-order valence-electron chi connectivity index (χ2n) is 3.97. The van der Waals surface area contributed by atoms with Crippen molar-refractivity contribution in [1.82, 2.24) is 19.6 Å². The Hall–Kier alpha value is -2.11. The summed E-state index contributed by atoms with van der Waals surface area (Å²) in [6, 6.07) is 1.71. The molecule has 18 heavy (non-hydrogen) atoms. The van der Waals surface area contributed by atoms with Gasteiger partial charge in [0.1, 0.15) is 0 Å². The highest BCUT2D eigenvalue weighted by Gasteiger charge is 2.12. The summed E-state index contributed by atoms with van der Waals surface area (Å²) in [5.74, 6) is -0.207. The van der Waals surface area contributed by atoms with Crippen molar-refractivity contribution in [3.63, 3.8) is 0 Å². The van der Waals surface area contributed by atoms with Crippen molar-refractivity contribution in [2.24, 2.45) is 0 Å². The zero-order valence-corrected chi connectivity index (χ0v) is 10.8. The van der Waals surface area contributed by atoms with E-state index in [0.29, 0.717) is 5.69 Å². The number of nitrogens with one attached hydrogen (secondary N) is 1. The largest absolute Gasteiger partial charge is 0.318 e. The molecule has 0 aliphatic carbocycles. The molecule has 0 atom stereocenters. The maximum absolute atomic E-state index is 12.0. The highest BCUT2D eigenvalue weighted by molar-refractivity contribution is 6.03. The summed E-state index contributed by atoms with van der Waals surface area (Å²) in [5.41, 5.74) is 2.09. The van der Waals surface area contributed by atoms with Crippen molar-refractivity contribution in [2.45, 2.75) is 33.9 Å². The molecular formula is C12H17N5O. The van der Waals surface area contributed by atoms with Crippen LogP contribution in [0.1, 0.15) is 30.0 Å². The number of nitrogens with zero attached hydrogens (tertiary/aromatic N) is 4. The third-order valence-electron chi connectivity index (χ3n) is 2.85. The molecule has 96 valence electrons. The lowest BCUT2D eigenvalue weighted by molar-refractivity contribution is 0.102. The van der Waals surface area contributed by atoms with Crippen LogP contribution in [0, 0.1) is 6.92 Å². The fourth-order valence-corrected chi connectivity index (χ4v) is 1.73. The van der Waals surface area contributed by atoms with Crippen LogP contribution in [0.5, 0.6) is 0 Å². The molecule has 0 aliphatic heterocycles. The maximum atomic E-state index is 12.0. The minimum Gasteiger partial charge on any atom is -0.318 e. The molecule has 6 nitrogen and oxygen atoms in total. The number of rotatable bonds is 4. The number of aryl methyl sites for hydroxylation is 2. The third-order valence-corrected chi connectivity index (χ3v) is 2.85. The van der Waals surface area contributed by atoms with Gasteiger partial charge in [0, 0.05) is 19.3 Å². The molecule has 1 N–H and O–H groups in total. The molecule has 2 rings (SSSR count). The molecule has 0 saturated heterocycles. The number of carbonyl (C=O) groups excluding carboxylic acids is 1. The molecule has 2 heterocycles. The Balaban J connectivity index is 2.13. The standard InChI is InChI=1S/C12H17N5O/c1-4-16-7-6-10(15-16)12(18)14-11-8-13-17(5-2)9(11)3/h6-8H,4-5H2,1-3H3,(H,14,18). The van der Waals surface area contributed by atoms with E-state index < -0.39 is 0 Å². The summed E-state index contributed by atoms with van der Waals surface area (Å²) in [7, 11) is 0. The molecule has 0 unspecified atom stereocenters. The predicted octanol–water partition coefficient (Wildman–Crippen LogP) is 1.68. The lowest BCUT2D eigenvalue weighted by Gasteiger charge is -2.03. The molecule has 0 aliphatic rings. The first-order valence-corrected chi connectivity index (χ1v) is 6.03. The highest BCUT2D eigenvalue weighted by atomic mass is 16.2. The molecule has 0 spiro atoms. The summed E-state index contributed by atoms with van der Waals surface area (Å²) in [5, 5.41) is 11.2. The van der Waals surface area contributed by atoms with Gasteiger partial charge in [-0.2, -0.15) is 10.2 Å². The van der Waals surface area contributed by atoms with Gasteiger partial charge in [0.05, 0.1) is 17.6 Å². The number of anilines is 1. The molecule has 2 aromatic rings. The Morgan fingerprint density at radius 3 is 2.72 bits per heavy atom. The average Bonchev–Trinajstić information content (AvgIpc) is 2.97. The van der Waals surface area contributed by atoms with E-state index in [1.54, 1.807) is 23.1 Å². The quantitative estimate of drug-likeness (QED) is 0.894. The van der Waals surface area contributed by atoms with E-state index in [2.05, 4.69) is 15.5 Å². The van der Waals surface area contributed by atoms with Crippen LogP contribution in [0.4, 0.5) is 5.69 Å². The van der Waals surface area contributed by atoms with Crippen LogP contribution in [-0.4, -0.2) is 25.5 Å². The van der Waals surface area contributed by atoms with Crippen molar-refractivity contribution < 1.29 is 4.79 Å². The fraction of sp³-hybridized carbons (Fsp3) is 0.417. The number of hydrogen-bond donors (Lipinski definition) is 1. The van der Waals surface area contributed by atoms with E-state index >= 15 is 0 Å². The molecular weight excluding hydrogens is 230 g/mol. The van der Waals surface area contributed by atoms with Gasteiger partial charge in [-0.25, -0.2) is 0 Å². The predicted molar refractivity (Wildman–Crippen MR) is 68.5 cm³/mol. The molecule has 0 radical (unpaired) electrons. The zero-order chi connectivity index (χ0) is 13.1. The topological polar surface area (TPSA) is 64.7 Å². The fourth-order valence-electron chi connectivity index (χ4n) is 1.73. The van der Waals surface area contributed by atoms with Crippen LogP contribution in [-0.2, 0) is 13.1 Å². The monoisotopic (exact) mass is 247 g/mol. The van der Waals surface area contributed by atoms with Gasteiger partial charge in [0.15, 0.2) is 5.69 Å². The summed E-state index contributed by atoms with van der Waals surface area (Å²) in [4.78, 5) is 12.0. The Labute approximate surface area is 106 Å². The summed E-state index contributed by atoms with van der Waals surface area (Å²) in [6.45, 7) is 7.45. The van der Waals surface area contributed by atoms with Gasteiger partial charge in [-0.05, 0) is 26.8 Å². The van der Waals surface area contributed by atoms with Crippen LogP contribution in [0.25, 0.3) is 0 Å². The molecule has 0 saturated carbocycles. The third kappa shape index (κ3) is 2.27. The SMILES string of the molecule is CCn1ccc(C(=O)Nc2cnn(CC)c2C)n1. The highest BCUT2D eigenvalue weighted by Crippen LogP contribution is 2.14. The lowest BCUT2D eigenvalue weighted by atomic mass is 10.3. The molecule has 1 amide bonds. The second-order valence-corrected chi connectivity index (χ2v) is 3.97. The van der Waals surface area contributed by atoms with E-state index in [0.717, 1.165) is 24.5 Å². The molecule has 0 fully saturated rings. The van der Waals surface area contributed by atoms with Crippen LogP contribution < -0.4 is 5.32 Å². The van der Waals surface area contributed by atoms with Crippen LogP contribution in [0.2, 0.25) is 0 Å². The Morgan fingerprint density at radius 2 is 2.17 bits per heavy atom. The molecule has 6 heteroatoms. The first-order valence-electron chi connectivity index (χ1n) is 6.03.